The second-order valence-electron chi connectivity index (χ2n) is 5.08. The van der Waals surface area contributed by atoms with E-state index in [4.69, 9.17) is 10.8 Å². The molecule has 3 nitrogen and oxygen atoms in total. The number of carboxylic acids is 1. The zero-order valence-corrected chi connectivity index (χ0v) is 11.3. The fraction of sp³-hybridized carbons (Fsp3) is 0.462. The summed E-state index contributed by atoms with van der Waals surface area (Å²) in [5, 5.41) is 8.65. The van der Waals surface area contributed by atoms with Crippen LogP contribution >= 0.6 is 12.4 Å². The van der Waals surface area contributed by atoms with Crippen LogP contribution in [0.4, 0.5) is 0 Å². The van der Waals surface area contributed by atoms with Crippen LogP contribution in [0.5, 0.6) is 0 Å². The molecule has 0 fully saturated rings. The molecule has 0 saturated heterocycles. The van der Waals surface area contributed by atoms with Crippen molar-refractivity contribution in [1.82, 2.24) is 0 Å². The minimum Gasteiger partial charge on any atom is -0.481 e. The molecule has 0 amide bonds. The van der Waals surface area contributed by atoms with Crippen molar-refractivity contribution in [3.63, 3.8) is 0 Å². The van der Waals surface area contributed by atoms with Crippen LogP contribution < -0.4 is 5.73 Å². The normalized spacial score (nSPS) is 12.7. The molecule has 0 unspecified atom stereocenters. The molecule has 3 N–H and O–H groups in total. The molecule has 0 aliphatic heterocycles. The van der Waals surface area contributed by atoms with Crippen LogP contribution in [-0.4, -0.2) is 11.1 Å². The highest BCUT2D eigenvalue weighted by molar-refractivity contribution is 5.85. The average Bonchev–Trinajstić information content (AvgIpc) is 2.15. The number of rotatable bonds is 3. The predicted octanol–water partition coefficient (Wildman–Crippen LogP) is 2.88. The maximum absolute atomic E-state index is 10.5. The summed E-state index contributed by atoms with van der Waals surface area (Å²) in [4.78, 5) is 10.5. The van der Waals surface area contributed by atoms with Gasteiger partial charge in [0.15, 0.2) is 0 Å². The third-order valence-electron chi connectivity index (χ3n) is 2.60. The van der Waals surface area contributed by atoms with Gasteiger partial charge in [-0.1, -0.05) is 45.0 Å². The van der Waals surface area contributed by atoms with Gasteiger partial charge in [-0.15, -0.1) is 12.4 Å². The number of halogens is 1. The molecule has 4 heteroatoms. The van der Waals surface area contributed by atoms with Gasteiger partial charge in [-0.05, 0) is 16.5 Å². The van der Waals surface area contributed by atoms with Crippen molar-refractivity contribution in [2.75, 3.05) is 0 Å². The summed E-state index contributed by atoms with van der Waals surface area (Å²) in [5.41, 5.74) is 7.97. The summed E-state index contributed by atoms with van der Waals surface area (Å²) in [6.45, 7) is 6.41. The molecule has 96 valence electrons. The monoisotopic (exact) mass is 257 g/mol. The predicted molar refractivity (Wildman–Crippen MR) is 71.6 cm³/mol. The lowest BCUT2D eigenvalue weighted by molar-refractivity contribution is -0.137. The summed E-state index contributed by atoms with van der Waals surface area (Å²) in [6.07, 6.45) is -0.0329. The van der Waals surface area contributed by atoms with Gasteiger partial charge >= 0.3 is 5.97 Å². The van der Waals surface area contributed by atoms with Crippen molar-refractivity contribution in [2.24, 2.45) is 5.73 Å². The highest BCUT2D eigenvalue weighted by Gasteiger charge is 2.15. The second kappa shape index (κ2) is 6.03. The lowest BCUT2D eigenvalue weighted by Crippen LogP contribution is -2.16. The number of hydrogen-bond donors (Lipinski definition) is 2. The van der Waals surface area contributed by atoms with E-state index in [0.717, 1.165) is 5.56 Å². The van der Waals surface area contributed by atoms with E-state index in [-0.39, 0.29) is 24.2 Å². The van der Waals surface area contributed by atoms with Gasteiger partial charge in [-0.25, -0.2) is 0 Å². The number of nitrogens with two attached hydrogens (primary N) is 1. The van der Waals surface area contributed by atoms with Crippen LogP contribution in [0.15, 0.2) is 24.3 Å². The van der Waals surface area contributed by atoms with E-state index in [1.54, 1.807) is 0 Å². The first-order chi connectivity index (χ1) is 7.30. The second-order valence-corrected chi connectivity index (χ2v) is 5.08. The smallest absolute Gasteiger partial charge is 0.305 e. The zero-order valence-electron chi connectivity index (χ0n) is 10.4. The summed E-state index contributed by atoms with van der Waals surface area (Å²) in [6, 6.07) is 7.42. The van der Waals surface area contributed by atoms with E-state index in [2.05, 4.69) is 20.8 Å². The largest absolute Gasteiger partial charge is 0.481 e. The molecule has 0 aromatic heterocycles. The first-order valence-electron chi connectivity index (χ1n) is 5.38. The lowest BCUT2D eigenvalue weighted by Gasteiger charge is -2.20. The van der Waals surface area contributed by atoms with Crippen molar-refractivity contribution in [3.05, 3.63) is 35.4 Å². The molecule has 0 aliphatic carbocycles. The van der Waals surface area contributed by atoms with Crippen molar-refractivity contribution in [2.45, 2.75) is 38.6 Å². The number of carboxylic acid groups (broad SMARTS) is 1. The van der Waals surface area contributed by atoms with Gasteiger partial charge in [0.1, 0.15) is 0 Å². The van der Waals surface area contributed by atoms with E-state index < -0.39 is 12.0 Å². The molecule has 1 atom stereocenters. The third-order valence-corrected chi connectivity index (χ3v) is 2.60. The number of carbonyl (C=O) groups is 1. The molecule has 1 aromatic carbocycles. The maximum atomic E-state index is 10.5. The number of aliphatic carboxylic acids is 1. The lowest BCUT2D eigenvalue weighted by atomic mass is 9.86. The molecule has 0 radical (unpaired) electrons. The van der Waals surface area contributed by atoms with Crippen LogP contribution in [0.3, 0.4) is 0 Å². The van der Waals surface area contributed by atoms with Crippen LogP contribution in [0.1, 0.15) is 44.4 Å². The standard InChI is InChI=1S/C13H19NO2.ClH/c1-13(2,3)10-6-4-9(5-7-10)11(14)8-12(15)16;/h4-7,11H,8,14H2,1-3H3,(H,15,16);1H/t11-;/m0./s1. The van der Waals surface area contributed by atoms with Gasteiger partial charge in [0.05, 0.1) is 6.42 Å². The Balaban J connectivity index is 0.00000256. The summed E-state index contributed by atoms with van der Waals surface area (Å²) < 4.78 is 0. The average molecular weight is 258 g/mol. The van der Waals surface area contributed by atoms with Gasteiger partial charge in [-0.2, -0.15) is 0 Å². The highest BCUT2D eigenvalue weighted by Crippen LogP contribution is 2.24. The Morgan fingerprint density at radius 2 is 1.76 bits per heavy atom. The summed E-state index contributed by atoms with van der Waals surface area (Å²) in [5.74, 6) is -0.868. The fourth-order valence-electron chi connectivity index (χ4n) is 1.54. The van der Waals surface area contributed by atoms with E-state index >= 15 is 0 Å². The molecule has 0 saturated carbocycles. The summed E-state index contributed by atoms with van der Waals surface area (Å²) >= 11 is 0. The first-order valence-corrected chi connectivity index (χ1v) is 5.38. The number of benzene rings is 1. The molecule has 0 heterocycles. The number of hydrogen-bond acceptors (Lipinski definition) is 2. The van der Waals surface area contributed by atoms with E-state index in [9.17, 15) is 4.79 Å². The maximum Gasteiger partial charge on any atom is 0.305 e. The Labute approximate surface area is 108 Å². The summed E-state index contributed by atoms with van der Waals surface area (Å²) in [7, 11) is 0. The topological polar surface area (TPSA) is 63.3 Å². The van der Waals surface area contributed by atoms with Crippen LogP contribution in [0, 0.1) is 0 Å². The quantitative estimate of drug-likeness (QED) is 0.875. The SMILES string of the molecule is CC(C)(C)c1ccc([C@@H](N)CC(=O)O)cc1.Cl. The van der Waals surface area contributed by atoms with Gasteiger partial charge in [0.2, 0.25) is 0 Å². The van der Waals surface area contributed by atoms with E-state index in [1.807, 2.05) is 24.3 Å². The molecule has 0 bridgehead atoms. The molecular weight excluding hydrogens is 238 g/mol. The molecule has 0 aliphatic rings. The molecule has 0 spiro atoms. The van der Waals surface area contributed by atoms with Crippen LogP contribution in [0.25, 0.3) is 0 Å². The fourth-order valence-corrected chi connectivity index (χ4v) is 1.54. The Bertz CT molecular complexity index is 368. The third kappa shape index (κ3) is 4.75. The van der Waals surface area contributed by atoms with Gasteiger partial charge in [0, 0.05) is 6.04 Å². The molecule has 1 aromatic rings. The van der Waals surface area contributed by atoms with Gasteiger partial charge < -0.3 is 10.8 Å². The van der Waals surface area contributed by atoms with E-state index in [0.29, 0.717) is 0 Å². The van der Waals surface area contributed by atoms with Crippen LogP contribution in [0.2, 0.25) is 0 Å². The van der Waals surface area contributed by atoms with Gasteiger partial charge in [0.25, 0.3) is 0 Å². The van der Waals surface area contributed by atoms with Crippen molar-refractivity contribution in [3.8, 4) is 0 Å². The van der Waals surface area contributed by atoms with E-state index in [1.165, 1.54) is 5.56 Å². The minimum atomic E-state index is -0.868. The zero-order chi connectivity index (χ0) is 12.3. The Hall–Kier alpha value is -1.06. The molecule has 1 rings (SSSR count). The van der Waals surface area contributed by atoms with Gasteiger partial charge in [-0.3, -0.25) is 4.79 Å². The molecule has 17 heavy (non-hydrogen) atoms. The van der Waals surface area contributed by atoms with Crippen molar-refractivity contribution < 1.29 is 9.90 Å². The minimum absolute atomic E-state index is 0. The first kappa shape index (κ1) is 15.9. The molecular formula is C13H20ClNO2. The van der Waals surface area contributed by atoms with Crippen molar-refractivity contribution in [1.29, 1.82) is 0 Å². The highest BCUT2D eigenvalue weighted by atomic mass is 35.5. The van der Waals surface area contributed by atoms with Crippen LogP contribution in [-0.2, 0) is 10.2 Å². The van der Waals surface area contributed by atoms with Crippen molar-refractivity contribution >= 4 is 18.4 Å². The Kier molecular flexibility index (Phi) is 5.66. The Morgan fingerprint density at radius 1 is 1.29 bits per heavy atom. The Morgan fingerprint density at radius 3 is 2.12 bits per heavy atom.